The first kappa shape index (κ1) is 10.3. The zero-order chi connectivity index (χ0) is 8.69. The number of aliphatic hydroxyl groups is 1. The van der Waals surface area contributed by atoms with Crippen molar-refractivity contribution in [2.75, 3.05) is 0 Å². The Balaban J connectivity index is 3.32. The third-order valence-corrected chi connectivity index (χ3v) is 1.59. The molecule has 0 fully saturated rings. The van der Waals surface area contributed by atoms with Gasteiger partial charge in [-0.2, -0.15) is 0 Å². The number of aliphatic hydroxyl groups excluding tert-OH is 1. The van der Waals surface area contributed by atoms with E-state index in [-0.39, 0.29) is 0 Å². The average molecular weight is 154 g/mol. The van der Waals surface area contributed by atoms with E-state index in [1.54, 1.807) is 6.08 Å². The highest BCUT2D eigenvalue weighted by Gasteiger charge is 1.94. The molecule has 1 nitrogen and oxygen atoms in total. The summed E-state index contributed by atoms with van der Waals surface area (Å²) in [5, 5.41) is 8.40. The topological polar surface area (TPSA) is 20.2 Å². The monoisotopic (exact) mass is 154 g/mol. The molecular weight excluding hydrogens is 136 g/mol. The molecule has 0 aromatic rings. The van der Waals surface area contributed by atoms with Gasteiger partial charge in [0.1, 0.15) is 0 Å². The molecule has 1 heteroatoms. The zero-order valence-electron chi connectivity index (χ0n) is 7.51. The van der Waals surface area contributed by atoms with Crippen LogP contribution in [0.15, 0.2) is 24.5 Å². The molecule has 64 valence electrons. The number of hydrogen-bond donors (Lipinski definition) is 1. The SMILES string of the molecule is C=C(/C=C/O)CCCC(C)C. The Hall–Kier alpha value is -0.720. The van der Waals surface area contributed by atoms with Crippen molar-refractivity contribution >= 4 is 0 Å². The van der Waals surface area contributed by atoms with Crippen molar-refractivity contribution in [1.29, 1.82) is 0 Å². The predicted octanol–water partition coefficient (Wildman–Crippen LogP) is 3.44. The Bertz CT molecular complexity index is 134. The highest BCUT2D eigenvalue weighted by molar-refractivity contribution is 5.11. The van der Waals surface area contributed by atoms with Gasteiger partial charge >= 0.3 is 0 Å². The van der Waals surface area contributed by atoms with E-state index >= 15 is 0 Å². The third kappa shape index (κ3) is 7.17. The van der Waals surface area contributed by atoms with E-state index in [0.717, 1.165) is 24.2 Å². The summed E-state index contributed by atoms with van der Waals surface area (Å²) in [6, 6.07) is 0. The van der Waals surface area contributed by atoms with Crippen LogP contribution in [0.5, 0.6) is 0 Å². The van der Waals surface area contributed by atoms with Crippen LogP contribution in [-0.4, -0.2) is 5.11 Å². The van der Waals surface area contributed by atoms with Crippen molar-refractivity contribution in [1.82, 2.24) is 0 Å². The first-order valence-electron chi connectivity index (χ1n) is 4.15. The van der Waals surface area contributed by atoms with Gasteiger partial charge in [-0.15, -0.1) is 0 Å². The maximum absolute atomic E-state index is 8.40. The van der Waals surface area contributed by atoms with Crippen LogP contribution in [0.4, 0.5) is 0 Å². The lowest BCUT2D eigenvalue weighted by atomic mass is 10.0. The quantitative estimate of drug-likeness (QED) is 0.475. The normalized spacial score (nSPS) is 11.2. The van der Waals surface area contributed by atoms with E-state index in [2.05, 4.69) is 20.4 Å². The molecule has 0 saturated carbocycles. The summed E-state index contributed by atoms with van der Waals surface area (Å²) in [5.41, 5.74) is 1.01. The fourth-order valence-corrected chi connectivity index (χ4v) is 0.926. The standard InChI is InChI=1S/C10H18O/c1-9(2)5-4-6-10(3)7-8-11/h7-9,11H,3-6H2,1-2H3/b8-7+. The summed E-state index contributed by atoms with van der Waals surface area (Å²) in [5.74, 6) is 0.765. The number of allylic oxidation sites excluding steroid dienone is 2. The molecule has 11 heavy (non-hydrogen) atoms. The van der Waals surface area contributed by atoms with Gasteiger partial charge in [-0.25, -0.2) is 0 Å². The smallest absolute Gasteiger partial charge is 0.0794 e. The maximum atomic E-state index is 8.40. The van der Waals surface area contributed by atoms with E-state index in [9.17, 15) is 0 Å². The molecule has 0 bridgehead atoms. The van der Waals surface area contributed by atoms with Crippen molar-refractivity contribution in [2.24, 2.45) is 5.92 Å². The molecule has 0 atom stereocenters. The summed E-state index contributed by atoms with van der Waals surface area (Å²) >= 11 is 0. The molecule has 0 rings (SSSR count). The average Bonchev–Trinajstić information content (AvgIpc) is 1.87. The minimum atomic E-state index is 0.765. The predicted molar refractivity (Wildman–Crippen MR) is 49.6 cm³/mol. The van der Waals surface area contributed by atoms with Crippen molar-refractivity contribution in [3.05, 3.63) is 24.5 Å². The molecule has 1 N–H and O–H groups in total. The van der Waals surface area contributed by atoms with E-state index in [0.29, 0.717) is 0 Å². The van der Waals surface area contributed by atoms with Gasteiger partial charge in [0.15, 0.2) is 0 Å². The molecule has 0 radical (unpaired) electrons. The first-order valence-corrected chi connectivity index (χ1v) is 4.15. The van der Waals surface area contributed by atoms with Crippen LogP contribution >= 0.6 is 0 Å². The van der Waals surface area contributed by atoms with E-state index < -0.39 is 0 Å². The molecule has 0 saturated heterocycles. The molecule has 0 aliphatic carbocycles. The van der Waals surface area contributed by atoms with Gasteiger partial charge in [0.2, 0.25) is 0 Å². The zero-order valence-corrected chi connectivity index (χ0v) is 7.51. The molecule has 0 aliphatic heterocycles. The lowest BCUT2D eigenvalue weighted by molar-refractivity contribution is 0.472. The molecule has 0 unspecified atom stereocenters. The van der Waals surface area contributed by atoms with Crippen molar-refractivity contribution in [3.8, 4) is 0 Å². The largest absolute Gasteiger partial charge is 0.516 e. The van der Waals surface area contributed by atoms with Gasteiger partial charge in [0.05, 0.1) is 6.26 Å². The van der Waals surface area contributed by atoms with Gasteiger partial charge in [-0.05, 0) is 24.8 Å². The second-order valence-corrected chi connectivity index (χ2v) is 3.26. The van der Waals surface area contributed by atoms with Crippen molar-refractivity contribution in [3.63, 3.8) is 0 Å². The Morgan fingerprint density at radius 3 is 2.64 bits per heavy atom. The summed E-state index contributed by atoms with van der Waals surface area (Å²) in [6.45, 7) is 8.22. The van der Waals surface area contributed by atoms with Crippen molar-refractivity contribution < 1.29 is 5.11 Å². The second-order valence-electron chi connectivity index (χ2n) is 3.26. The van der Waals surface area contributed by atoms with Crippen LogP contribution in [0.2, 0.25) is 0 Å². The highest BCUT2D eigenvalue weighted by atomic mass is 16.2. The summed E-state index contributed by atoms with van der Waals surface area (Å²) in [4.78, 5) is 0. The number of rotatable bonds is 5. The third-order valence-electron chi connectivity index (χ3n) is 1.59. The lowest BCUT2D eigenvalue weighted by Gasteiger charge is -2.03. The van der Waals surface area contributed by atoms with Gasteiger partial charge in [-0.3, -0.25) is 0 Å². The molecule has 0 aliphatic rings. The molecule has 0 spiro atoms. The molecule has 0 heterocycles. The summed E-state index contributed by atoms with van der Waals surface area (Å²) in [7, 11) is 0. The fourth-order valence-electron chi connectivity index (χ4n) is 0.926. The minimum absolute atomic E-state index is 0.765. The van der Waals surface area contributed by atoms with Gasteiger partial charge in [0.25, 0.3) is 0 Å². The first-order chi connectivity index (χ1) is 5.16. The van der Waals surface area contributed by atoms with Crippen LogP contribution in [0, 0.1) is 5.92 Å². The van der Waals surface area contributed by atoms with Crippen LogP contribution in [0.3, 0.4) is 0 Å². The minimum Gasteiger partial charge on any atom is -0.516 e. The fraction of sp³-hybridized carbons (Fsp3) is 0.600. The van der Waals surface area contributed by atoms with E-state index in [1.807, 2.05) is 0 Å². The van der Waals surface area contributed by atoms with Crippen LogP contribution in [0.25, 0.3) is 0 Å². The maximum Gasteiger partial charge on any atom is 0.0794 e. The second kappa shape index (κ2) is 6.02. The molecule has 0 aromatic carbocycles. The molecule has 0 amide bonds. The van der Waals surface area contributed by atoms with Gasteiger partial charge in [0, 0.05) is 0 Å². The van der Waals surface area contributed by atoms with Crippen LogP contribution in [-0.2, 0) is 0 Å². The molecule has 0 aromatic heterocycles. The van der Waals surface area contributed by atoms with Crippen molar-refractivity contribution in [2.45, 2.75) is 33.1 Å². The van der Waals surface area contributed by atoms with Gasteiger partial charge in [-0.1, -0.05) is 32.4 Å². The Labute approximate surface area is 69.4 Å². The van der Waals surface area contributed by atoms with Gasteiger partial charge < -0.3 is 5.11 Å². The summed E-state index contributed by atoms with van der Waals surface area (Å²) in [6.07, 6.45) is 6.10. The summed E-state index contributed by atoms with van der Waals surface area (Å²) < 4.78 is 0. The Morgan fingerprint density at radius 2 is 2.18 bits per heavy atom. The Morgan fingerprint density at radius 1 is 1.55 bits per heavy atom. The van der Waals surface area contributed by atoms with Crippen LogP contribution < -0.4 is 0 Å². The Kier molecular flexibility index (Phi) is 5.63. The van der Waals surface area contributed by atoms with E-state index in [4.69, 9.17) is 5.11 Å². The number of hydrogen-bond acceptors (Lipinski definition) is 1. The highest BCUT2D eigenvalue weighted by Crippen LogP contribution is 2.11. The van der Waals surface area contributed by atoms with E-state index in [1.165, 1.54) is 12.8 Å². The lowest BCUT2D eigenvalue weighted by Crippen LogP contribution is -1.87. The molecular formula is C10H18O. The van der Waals surface area contributed by atoms with Crippen LogP contribution in [0.1, 0.15) is 33.1 Å².